The van der Waals surface area contributed by atoms with Gasteiger partial charge in [-0.1, -0.05) is 0 Å². The monoisotopic (exact) mass is 214 g/mol. The van der Waals surface area contributed by atoms with E-state index in [1.807, 2.05) is 0 Å². The Morgan fingerprint density at radius 1 is 1.27 bits per heavy atom. The van der Waals surface area contributed by atoms with E-state index >= 15 is 0 Å². The lowest BCUT2D eigenvalue weighted by Crippen LogP contribution is -2.06. The minimum atomic E-state index is -4.35. The zero-order chi connectivity index (χ0) is 11.2. The molecule has 0 unspecified atom stereocenters. The van der Waals surface area contributed by atoms with E-state index in [9.17, 15) is 13.2 Å². The van der Waals surface area contributed by atoms with Gasteiger partial charge in [-0.3, -0.25) is 0 Å². The van der Waals surface area contributed by atoms with Crippen LogP contribution in [0.1, 0.15) is 5.56 Å². The van der Waals surface area contributed by atoms with Crippen LogP contribution >= 0.6 is 0 Å². The molecule has 0 aliphatic heterocycles. The van der Waals surface area contributed by atoms with Crippen LogP contribution in [0.3, 0.4) is 0 Å². The van der Waals surface area contributed by atoms with Crippen molar-refractivity contribution >= 4 is 16.6 Å². The molecular formula is C10H9F3N2. The number of hydrogen-bond donors (Lipinski definition) is 1. The molecule has 2 rings (SSSR count). The molecular weight excluding hydrogens is 205 g/mol. The molecule has 0 bridgehead atoms. The molecule has 0 saturated carbocycles. The van der Waals surface area contributed by atoms with Crippen LogP contribution in [0.5, 0.6) is 0 Å². The fourth-order valence-electron chi connectivity index (χ4n) is 1.64. The van der Waals surface area contributed by atoms with Crippen LogP contribution in [0.25, 0.3) is 10.9 Å². The molecule has 0 aliphatic carbocycles. The second-order valence-corrected chi connectivity index (χ2v) is 3.43. The van der Waals surface area contributed by atoms with E-state index in [0.717, 1.165) is 12.1 Å². The molecule has 2 N–H and O–H groups in total. The molecule has 0 amide bonds. The van der Waals surface area contributed by atoms with Crippen molar-refractivity contribution in [1.82, 2.24) is 4.57 Å². The van der Waals surface area contributed by atoms with Crippen LogP contribution in [0.4, 0.5) is 18.9 Å². The van der Waals surface area contributed by atoms with Gasteiger partial charge in [-0.2, -0.15) is 13.2 Å². The van der Waals surface area contributed by atoms with Crippen molar-refractivity contribution in [3.63, 3.8) is 0 Å². The molecule has 0 fully saturated rings. The largest absolute Gasteiger partial charge is 0.416 e. The summed E-state index contributed by atoms with van der Waals surface area (Å²) in [4.78, 5) is 0. The summed E-state index contributed by atoms with van der Waals surface area (Å²) in [7, 11) is 1.74. The van der Waals surface area contributed by atoms with E-state index in [0.29, 0.717) is 10.9 Å². The smallest absolute Gasteiger partial charge is 0.397 e. The number of fused-ring (bicyclic) bond motifs is 1. The number of aryl methyl sites for hydroxylation is 1. The summed E-state index contributed by atoms with van der Waals surface area (Å²) in [5, 5.41) is 0.504. The maximum Gasteiger partial charge on any atom is 0.416 e. The Labute approximate surface area is 84.1 Å². The van der Waals surface area contributed by atoms with Crippen molar-refractivity contribution in [1.29, 1.82) is 0 Å². The lowest BCUT2D eigenvalue weighted by Gasteiger charge is -2.09. The van der Waals surface area contributed by atoms with Gasteiger partial charge in [0.15, 0.2) is 0 Å². The van der Waals surface area contributed by atoms with Crippen LogP contribution in [-0.2, 0) is 13.2 Å². The van der Waals surface area contributed by atoms with Crippen LogP contribution < -0.4 is 5.73 Å². The quantitative estimate of drug-likeness (QED) is 0.671. The number of benzene rings is 1. The third-order valence-corrected chi connectivity index (χ3v) is 2.33. The second-order valence-electron chi connectivity index (χ2n) is 3.43. The lowest BCUT2D eigenvalue weighted by molar-refractivity contribution is -0.137. The van der Waals surface area contributed by atoms with Gasteiger partial charge in [0.2, 0.25) is 0 Å². The van der Waals surface area contributed by atoms with E-state index in [2.05, 4.69) is 0 Å². The summed E-state index contributed by atoms with van der Waals surface area (Å²) in [6.07, 6.45) is -2.67. The van der Waals surface area contributed by atoms with E-state index in [-0.39, 0.29) is 5.69 Å². The molecule has 5 heteroatoms. The van der Waals surface area contributed by atoms with Crippen molar-refractivity contribution in [3.8, 4) is 0 Å². The van der Waals surface area contributed by atoms with Crippen LogP contribution in [-0.4, -0.2) is 4.57 Å². The lowest BCUT2D eigenvalue weighted by atomic mass is 10.1. The third kappa shape index (κ3) is 1.54. The van der Waals surface area contributed by atoms with Crippen molar-refractivity contribution in [2.75, 3.05) is 5.73 Å². The number of halogens is 3. The third-order valence-electron chi connectivity index (χ3n) is 2.33. The second kappa shape index (κ2) is 2.92. The number of nitrogens with two attached hydrogens (primary N) is 1. The van der Waals surface area contributed by atoms with Gasteiger partial charge < -0.3 is 10.3 Å². The molecule has 1 aromatic heterocycles. The van der Waals surface area contributed by atoms with E-state index in [1.165, 1.54) is 0 Å². The Hall–Kier alpha value is -1.65. The van der Waals surface area contributed by atoms with E-state index < -0.39 is 11.7 Å². The number of nitrogens with zero attached hydrogens (tertiary/aromatic N) is 1. The minimum Gasteiger partial charge on any atom is -0.397 e. The van der Waals surface area contributed by atoms with Gasteiger partial charge in [0, 0.05) is 18.6 Å². The Morgan fingerprint density at radius 3 is 2.53 bits per heavy atom. The number of aromatic nitrogens is 1. The Morgan fingerprint density at radius 2 is 1.93 bits per heavy atom. The molecule has 2 nitrogen and oxygen atoms in total. The average Bonchev–Trinajstić information content (AvgIpc) is 2.46. The van der Waals surface area contributed by atoms with Gasteiger partial charge in [-0.05, 0) is 18.2 Å². The zero-order valence-corrected chi connectivity index (χ0v) is 7.97. The SMILES string of the molecule is Cn1ccc2cc(C(F)(F)F)cc(N)c21. The number of rotatable bonds is 0. The van der Waals surface area contributed by atoms with Crippen molar-refractivity contribution in [2.45, 2.75) is 6.18 Å². The average molecular weight is 214 g/mol. The summed E-state index contributed by atoms with van der Waals surface area (Å²) in [5.74, 6) is 0. The first kappa shape index (κ1) is 9.89. The summed E-state index contributed by atoms with van der Waals surface area (Å²) in [6.45, 7) is 0. The maximum atomic E-state index is 12.4. The summed E-state index contributed by atoms with van der Waals surface area (Å²) < 4.78 is 39.0. The first-order valence-corrected chi connectivity index (χ1v) is 4.31. The number of nitrogen functional groups attached to an aromatic ring is 1. The molecule has 15 heavy (non-hydrogen) atoms. The van der Waals surface area contributed by atoms with Gasteiger partial charge >= 0.3 is 6.18 Å². The standard InChI is InChI=1S/C10H9F3N2/c1-15-3-2-6-4-7(10(11,12)13)5-8(14)9(6)15/h2-5H,14H2,1H3. The predicted octanol–water partition coefficient (Wildman–Crippen LogP) is 2.78. The van der Waals surface area contributed by atoms with Gasteiger partial charge in [-0.15, -0.1) is 0 Å². The van der Waals surface area contributed by atoms with Crippen LogP contribution in [0.15, 0.2) is 24.4 Å². The van der Waals surface area contributed by atoms with Gasteiger partial charge in [-0.25, -0.2) is 0 Å². The highest BCUT2D eigenvalue weighted by molar-refractivity contribution is 5.91. The van der Waals surface area contributed by atoms with Gasteiger partial charge in [0.05, 0.1) is 16.8 Å². The number of hydrogen-bond acceptors (Lipinski definition) is 1. The summed E-state index contributed by atoms with van der Waals surface area (Å²) >= 11 is 0. The molecule has 2 aromatic rings. The van der Waals surface area contributed by atoms with Crippen LogP contribution in [0, 0.1) is 0 Å². The molecule has 0 aliphatic rings. The Bertz CT molecular complexity index is 511. The van der Waals surface area contributed by atoms with Crippen LogP contribution in [0.2, 0.25) is 0 Å². The first-order valence-electron chi connectivity index (χ1n) is 4.31. The van der Waals surface area contributed by atoms with Crippen molar-refractivity contribution in [2.24, 2.45) is 7.05 Å². The normalized spacial score (nSPS) is 12.3. The minimum absolute atomic E-state index is 0.146. The molecule has 0 spiro atoms. The fourth-order valence-corrected chi connectivity index (χ4v) is 1.64. The Kier molecular flexibility index (Phi) is 1.92. The summed E-state index contributed by atoms with van der Waals surface area (Å²) in [5.41, 5.74) is 5.64. The molecule has 1 aromatic carbocycles. The topological polar surface area (TPSA) is 30.9 Å². The zero-order valence-electron chi connectivity index (χ0n) is 7.97. The predicted molar refractivity (Wildman–Crippen MR) is 52.3 cm³/mol. The highest BCUT2D eigenvalue weighted by atomic mass is 19.4. The number of anilines is 1. The van der Waals surface area contributed by atoms with Gasteiger partial charge in [0.25, 0.3) is 0 Å². The number of alkyl halides is 3. The Balaban J connectivity index is 2.74. The summed E-state index contributed by atoms with van der Waals surface area (Å²) in [6, 6.07) is 3.68. The highest BCUT2D eigenvalue weighted by Gasteiger charge is 2.31. The molecule has 0 atom stereocenters. The van der Waals surface area contributed by atoms with E-state index in [1.54, 1.807) is 23.9 Å². The van der Waals surface area contributed by atoms with Crippen molar-refractivity contribution in [3.05, 3.63) is 30.0 Å². The molecule has 0 radical (unpaired) electrons. The molecule has 80 valence electrons. The van der Waals surface area contributed by atoms with Crippen molar-refractivity contribution < 1.29 is 13.2 Å². The van der Waals surface area contributed by atoms with Gasteiger partial charge in [0.1, 0.15) is 0 Å². The fraction of sp³-hybridized carbons (Fsp3) is 0.200. The van der Waals surface area contributed by atoms with E-state index in [4.69, 9.17) is 5.73 Å². The first-order chi connectivity index (χ1) is 6.89. The maximum absolute atomic E-state index is 12.4. The highest BCUT2D eigenvalue weighted by Crippen LogP contribution is 2.34. The molecule has 0 saturated heterocycles. The molecule has 1 heterocycles.